The summed E-state index contributed by atoms with van der Waals surface area (Å²) in [5.41, 5.74) is 4.43. The van der Waals surface area contributed by atoms with Crippen molar-refractivity contribution < 1.29 is 0 Å². The van der Waals surface area contributed by atoms with Crippen molar-refractivity contribution in [1.82, 2.24) is 15.0 Å². The number of nitrogens with zero attached hydrogens (tertiary/aromatic N) is 4. The topological polar surface area (TPSA) is 66.0 Å². The second kappa shape index (κ2) is 9.56. The summed E-state index contributed by atoms with van der Waals surface area (Å²) in [7, 11) is 0. The van der Waals surface area contributed by atoms with E-state index in [0.717, 1.165) is 36.8 Å². The zero-order chi connectivity index (χ0) is 19.3. The fourth-order valence-electron chi connectivity index (χ4n) is 3.34. The third kappa shape index (κ3) is 5.35. The van der Waals surface area contributed by atoms with Gasteiger partial charge in [0.25, 0.3) is 0 Å². The number of hydrogen-bond donors (Lipinski definition) is 2. The van der Waals surface area contributed by atoms with Gasteiger partial charge in [0.15, 0.2) is 0 Å². The molecule has 0 aliphatic carbocycles. The average Bonchev–Trinajstić information content (AvgIpc) is 3.23. The monoisotopic (exact) mass is 410 g/mol. The number of halogens is 1. The second-order valence-corrected chi connectivity index (χ2v) is 7.15. The molecule has 0 bridgehead atoms. The smallest absolute Gasteiger partial charge is 0.233 e. The van der Waals surface area contributed by atoms with Crippen LogP contribution in [-0.2, 0) is 6.42 Å². The van der Waals surface area contributed by atoms with Crippen LogP contribution < -0.4 is 15.5 Å². The standard InChI is InChI=1S/C22H26N6.ClH/c1-3-17-9-11-18(12-10-17)23-20-25-21(24-19-8-6-7-16(2)15-19)27-22(26-20)28-13-4-5-14-28;/h6-12,15H,3-5,13-14H2,1-2H3,(H2,23,24,25,26,27);1H. The lowest BCUT2D eigenvalue weighted by Crippen LogP contribution is -2.21. The second-order valence-electron chi connectivity index (χ2n) is 7.15. The minimum Gasteiger partial charge on any atom is -0.341 e. The minimum absolute atomic E-state index is 0. The molecule has 7 heteroatoms. The van der Waals surface area contributed by atoms with E-state index in [0.29, 0.717) is 11.9 Å². The first-order chi connectivity index (χ1) is 13.7. The van der Waals surface area contributed by atoms with E-state index in [9.17, 15) is 0 Å². The Labute approximate surface area is 178 Å². The van der Waals surface area contributed by atoms with E-state index < -0.39 is 0 Å². The Morgan fingerprint density at radius 1 is 0.862 bits per heavy atom. The Hall–Kier alpha value is -2.86. The fraction of sp³-hybridized carbons (Fsp3) is 0.318. The number of rotatable bonds is 6. The van der Waals surface area contributed by atoms with Crippen LogP contribution in [0.25, 0.3) is 0 Å². The first kappa shape index (κ1) is 20.9. The molecule has 2 aromatic carbocycles. The third-order valence-electron chi connectivity index (χ3n) is 4.91. The third-order valence-corrected chi connectivity index (χ3v) is 4.91. The lowest BCUT2D eigenvalue weighted by atomic mass is 10.1. The van der Waals surface area contributed by atoms with Crippen molar-refractivity contribution in [2.45, 2.75) is 33.1 Å². The number of aromatic nitrogens is 3. The summed E-state index contributed by atoms with van der Waals surface area (Å²) in [5.74, 6) is 1.82. The Morgan fingerprint density at radius 3 is 2.14 bits per heavy atom. The summed E-state index contributed by atoms with van der Waals surface area (Å²) >= 11 is 0. The molecule has 1 saturated heterocycles. The van der Waals surface area contributed by atoms with Gasteiger partial charge in [-0.05, 0) is 61.6 Å². The quantitative estimate of drug-likeness (QED) is 0.578. The van der Waals surface area contributed by atoms with Crippen molar-refractivity contribution in [3.8, 4) is 0 Å². The van der Waals surface area contributed by atoms with Crippen LogP contribution in [-0.4, -0.2) is 28.0 Å². The van der Waals surface area contributed by atoms with Crippen molar-refractivity contribution in [1.29, 1.82) is 0 Å². The summed E-state index contributed by atoms with van der Waals surface area (Å²) in [6.45, 7) is 6.19. The fourth-order valence-corrected chi connectivity index (χ4v) is 3.34. The molecule has 1 aliphatic rings. The number of aryl methyl sites for hydroxylation is 2. The number of benzene rings is 2. The van der Waals surface area contributed by atoms with Crippen molar-refractivity contribution >= 4 is 41.6 Å². The molecule has 0 atom stereocenters. The Bertz CT molecular complexity index is 938. The van der Waals surface area contributed by atoms with E-state index in [4.69, 9.17) is 0 Å². The van der Waals surface area contributed by atoms with Crippen molar-refractivity contribution in [3.63, 3.8) is 0 Å². The Kier molecular flexibility index (Phi) is 6.88. The highest BCUT2D eigenvalue weighted by Crippen LogP contribution is 2.23. The van der Waals surface area contributed by atoms with Crippen LogP contribution >= 0.6 is 12.4 Å². The first-order valence-electron chi connectivity index (χ1n) is 9.90. The molecule has 0 radical (unpaired) electrons. The minimum atomic E-state index is 0. The molecule has 1 aliphatic heterocycles. The van der Waals surface area contributed by atoms with Gasteiger partial charge in [0, 0.05) is 24.5 Å². The molecular formula is C22H27ClN6. The van der Waals surface area contributed by atoms with Gasteiger partial charge in [0.05, 0.1) is 0 Å². The SMILES string of the molecule is CCc1ccc(Nc2nc(Nc3cccc(C)c3)nc(N3CCCC3)n2)cc1.Cl. The number of nitrogens with one attached hydrogen (secondary N) is 2. The predicted molar refractivity (Wildman–Crippen MR) is 122 cm³/mol. The molecule has 0 saturated carbocycles. The van der Waals surface area contributed by atoms with Gasteiger partial charge in [-0.15, -0.1) is 12.4 Å². The van der Waals surface area contributed by atoms with Crippen LogP contribution in [0.5, 0.6) is 0 Å². The van der Waals surface area contributed by atoms with Crippen molar-refractivity contribution in [2.24, 2.45) is 0 Å². The molecule has 4 rings (SSSR count). The van der Waals surface area contributed by atoms with E-state index in [2.05, 4.69) is 80.7 Å². The van der Waals surface area contributed by atoms with Gasteiger partial charge < -0.3 is 15.5 Å². The van der Waals surface area contributed by atoms with Gasteiger partial charge in [-0.1, -0.05) is 31.2 Å². The highest BCUT2D eigenvalue weighted by atomic mass is 35.5. The van der Waals surface area contributed by atoms with E-state index in [1.807, 2.05) is 12.1 Å². The normalized spacial score (nSPS) is 13.1. The molecule has 6 nitrogen and oxygen atoms in total. The zero-order valence-corrected chi connectivity index (χ0v) is 17.7. The Balaban J connectivity index is 0.00000240. The van der Waals surface area contributed by atoms with Crippen LogP contribution in [0.4, 0.5) is 29.2 Å². The average molecular weight is 411 g/mol. The lowest BCUT2D eigenvalue weighted by molar-refractivity contribution is 0.886. The van der Waals surface area contributed by atoms with Crippen LogP contribution in [0.15, 0.2) is 48.5 Å². The van der Waals surface area contributed by atoms with Crippen LogP contribution in [0.1, 0.15) is 30.9 Å². The van der Waals surface area contributed by atoms with Crippen molar-refractivity contribution in [2.75, 3.05) is 28.6 Å². The summed E-state index contributed by atoms with van der Waals surface area (Å²) in [6, 6.07) is 16.6. The van der Waals surface area contributed by atoms with Crippen LogP contribution in [0.2, 0.25) is 0 Å². The molecule has 0 unspecified atom stereocenters. The Morgan fingerprint density at radius 2 is 1.52 bits per heavy atom. The van der Waals surface area contributed by atoms with E-state index in [1.54, 1.807) is 0 Å². The maximum Gasteiger partial charge on any atom is 0.233 e. The summed E-state index contributed by atoms with van der Waals surface area (Å²) in [6.07, 6.45) is 3.37. The maximum atomic E-state index is 4.67. The van der Waals surface area contributed by atoms with Gasteiger partial charge >= 0.3 is 0 Å². The molecule has 2 heterocycles. The highest BCUT2D eigenvalue weighted by molar-refractivity contribution is 5.85. The molecule has 0 amide bonds. The molecule has 3 aromatic rings. The first-order valence-corrected chi connectivity index (χ1v) is 9.90. The van der Waals surface area contributed by atoms with Gasteiger partial charge in [-0.3, -0.25) is 0 Å². The largest absolute Gasteiger partial charge is 0.341 e. The molecular weight excluding hydrogens is 384 g/mol. The highest BCUT2D eigenvalue weighted by Gasteiger charge is 2.17. The van der Waals surface area contributed by atoms with E-state index in [-0.39, 0.29) is 12.4 Å². The predicted octanol–water partition coefficient (Wildman–Crippen LogP) is 5.25. The van der Waals surface area contributed by atoms with E-state index in [1.165, 1.54) is 24.0 Å². The van der Waals surface area contributed by atoms with E-state index >= 15 is 0 Å². The lowest BCUT2D eigenvalue weighted by Gasteiger charge is -2.17. The molecule has 29 heavy (non-hydrogen) atoms. The molecule has 1 fully saturated rings. The molecule has 2 N–H and O–H groups in total. The number of hydrogen-bond acceptors (Lipinski definition) is 6. The van der Waals surface area contributed by atoms with Crippen LogP contribution in [0, 0.1) is 6.92 Å². The number of anilines is 5. The summed E-state index contributed by atoms with van der Waals surface area (Å²) in [5, 5.41) is 6.65. The maximum absolute atomic E-state index is 4.67. The van der Waals surface area contributed by atoms with Gasteiger partial charge in [0.2, 0.25) is 17.8 Å². The molecule has 1 aromatic heterocycles. The van der Waals surface area contributed by atoms with Gasteiger partial charge in [0.1, 0.15) is 0 Å². The van der Waals surface area contributed by atoms with Gasteiger partial charge in [-0.2, -0.15) is 15.0 Å². The van der Waals surface area contributed by atoms with Crippen molar-refractivity contribution in [3.05, 3.63) is 59.7 Å². The summed E-state index contributed by atoms with van der Waals surface area (Å²) in [4.78, 5) is 16.1. The molecule has 152 valence electrons. The zero-order valence-electron chi connectivity index (χ0n) is 16.9. The van der Waals surface area contributed by atoms with Crippen LogP contribution in [0.3, 0.4) is 0 Å². The summed E-state index contributed by atoms with van der Waals surface area (Å²) < 4.78 is 0. The van der Waals surface area contributed by atoms with Gasteiger partial charge in [-0.25, -0.2) is 0 Å². The molecule has 0 spiro atoms.